The molecule has 0 radical (unpaired) electrons. The normalized spacial score (nSPS) is 9.25. The largest absolute Gasteiger partial charge is 0.411 e. The summed E-state index contributed by atoms with van der Waals surface area (Å²) in [5, 5.41) is 11.0. The molecular formula is C8H11IN2O. The topological polar surface area (TPSA) is 45.5 Å². The summed E-state index contributed by atoms with van der Waals surface area (Å²) in [7, 11) is 0. The van der Waals surface area contributed by atoms with Gasteiger partial charge in [-0.25, -0.2) is 0 Å². The van der Waals surface area contributed by atoms with Crippen LogP contribution in [0.1, 0.15) is 11.3 Å². The van der Waals surface area contributed by atoms with E-state index in [4.69, 9.17) is 5.21 Å². The first-order chi connectivity index (χ1) is 5.83. The zero-order chi connectivity index (χ0) is 9.40. The average molecular weight is 278 g/mol. The van der Waals surface area contributed by atoms with Crippen LogP contribution < -0.4 is 0 Å². The maximum Gasteiger partial charge on any atom is 0.0918 e. The molecule has 66 valence electrons. The molecule has 1 heterocycles. The van der Waals surface area contributed by atoms with Crippen molar-refractivity contribution in [3.63, 3.8) is 0 Å². The van der Waals surface area contributed by atoms with E-state index in [-0.39, 0.29) is 0 Å². The highest BCUT2D eigenvalue weighted by Crippen LogP contribution is 1.96. The van der Waals surface area contributed by atoms with Gasteiger partial charge in [0.2, 0.25) is 0 Å². The Balaban J connectivity index is 0.000000561. The molecule has 0 saturated carbocycles. The SMILES string of the molecule is CI.Cc1ccnc(/C=N/O)c1. The van der Waals surface area contributed by atoms with E-state index in [0.717, 1.165) is 5.56 Å². The van der Waals surface area contributed by atoms with E-state index < -0.39 is 0 Å². The summed E-state index contributed by atoms with van der Waals surface area (Å²) in [4.78, 5) is 5.89. The summed E-state index contributed by atoms with van der Waals surface area (Å²) >= 11 is 2.15. The minimum absolute atomic E-state index is 0.669. The Bertz CT molecular complexity index is 251. The van der Waals surface area contributed by atoms with Crippen LogP contribution in [0.3, 0.4) is 0 Å². The average Bonchev–Trinajstić information content (AvgIpc) is 2.09. The van der Waals surface area contributed by atoms with Gasteiger partial charge in [0.25, 0.3) is 0 Å². The molecule has 0 aromatic carbocycles. The van der Waals surface area contributed by atoms with Crippen LogP contribution in [0.4, 0.5) is 0 Å². The highest BCUT2D eigenvalue weighted by molar-refractivity contribution is 14.1. The summed E-state index contributed by atoms with van der Waals surface area (Å²) in [6.07, 6.45) is 2.97. The van der Waals surface area contributed by atoms with Crippen LogP contribution >= 0.6 is 22.6 Å². The lowest BCUT2D eigenvalue weighted by atomic mass is 10.2. The Kier molecular flexibility index (Phi) is 6.64. The van der Waals surface area contributed by atoms with Crippen LogP contribution in [0.5, 0.6) is 0 Å². The Morgan fingerprint density at radius 2 is 2.25 bits per heavy atom. The third kappa shape index (κ3) is 4.27. The zero-order valence-corrected chi connectivity index (χ0v) is 9.19. The zero-order valence-electron chi connectivity index (χ0n) is 7.03. The van der Waals surface area contributed by atoms with E-state index in [0.29, 0.717) is 5.69 Å². The lowest BCUT2D eigenvalue weighted by molar-refractivity contribution is 0.321. The molecule has 1 rings (SSSR count). The molecule has 1 aromatic heterocycles. The van der Waals surface area contributed by atoms with E-state index >= 15 is 0 Å². The maximum atomic E-state index is 8.14. The number of alkyl halides is 1. The van der Waals surface area contributed by atoms with E-state index in [1.165, 1.54) is 6.21 Å². The van der Waals surface area contributed by atoms with Gasteiger partial charge in [-0.2, -0.15) is 0 Å². The number of hydrogen-bond donors (Lipinski definition) is 1. The fourth-order valence-electron chi connectivity index (χ4n) is 0.689. The van der Waals surface area contributed by atoms with Gasteiger partial charge in [-0.1, -0.05) is 27.7 Å². The molecule has 12 heavy (non-hydrogen) atoms. The van der Waals surface area contributed by atoms with Crippen molar-refractivity contribution < 1.29 is 5.21 Å². The molecule has 0 amide bonds. The second-order valence-electron chi connectivity index (χ2n) is 2.00. The summed E-state index contributed by atoms with van der Waals surface area (Å²) in [6, 6.07) is 3.72. The van der Waals surface area contributed by atoms with Crippen LogP contribution in [0, 0.1) is 6.92 Å². The first-order valence-corrected chi connectivity index (χ1v) is 5.46. The highest BCUT2D eigenvalue weighted by atomic mass is 127. The minimum atomic E-state index is 0.669. The number of rotatable bonds is 1. The van der Waals surface area contributed by atoms with Crippen molar-refractivity contribution in [2.75, 3.05) is 4.93 Å². The number of halogens is 1. The number of pyridine rings is 1. The molecule has 0 spiro atoms. The smallest absolute Gasteiger partial charge is 0.0918 e. The van der Waals surface area contributed by atoms with Crippen molar-refractivity contribution in [1.29, 1.82) is 0 Å². The summed E-state index contributed by atoms with van der Waals surface area (Å²) in [5.74, 6) is 0. The Hall–Kier alpha value is -0.650. The van der Waals surface area contributed by atoms with Crippen molar-refractivity contribution >= 4 is 28.8 Å². The number of aryl methyl sites for hydroxylation is 1. The van der Waals surface area contributed by atoms with E-state index in [2.05, 4.69) is 32.7 Å². The molecule has 1 aromatic rings. The molecule has 0 saturated heterocycles. The molecule has 3 nitrogen and oxygen atoms in total. The van der Waals surface area contributed by atoms with Crippen LogP contribution in [-0.4, -0.2) is 21.3 Å². The van der Waals surface area contributed by atoms with Gasteiger partial charge >= 0.3 is 0 Å². The fourth-order valence-corrected chi connectivity index (χ4v) is 0.689. The number of nitrogens with zero attached hydrogens (tertiary/aromatic N) is 2. The third-order valence-electron chi connectivity index (χ3n) is 1.13. The van der Waals surface area contributed by atoms with Crippen molar-refractivity contribution in [3.8, 4) is 0 Å². The Morgan fingerprint density at radius 1 is 1.58 bits per heavy atom. The van der Waals surface area contributed by atoms with E-state index in [9.17, 15) is 0 Å². The fraction of sp³-hybridized carbons (Fsp3) is 0.250. The molecule has 0 aliphatic heterocycles. The summed E-state index contributed by atoms with van der Waals surface area (Å²) in [5.41, 5.74) is 1.77. The van der Waals surface area contributed by atoms with Gasteiger partial charge in [0, 0.05) is 6.20 Å². The van der Waals surface area contributed by atoms with Gasteiger partial charge in [0.1, 0.15) is 0 Å². The second-order valence-corrected chi connectivity index (χ2v) is 2.00. The first kappa shape index (κ1) is 11.4. The van der Waals surface area contributed by atoms with Crippen molar-refractivity contribution in [2.45, 2.75) is 6.92 Å². The monoisotopic (exact) mass is 278 g/mol. The van der Waals surface area contributed by atoms with Crippen LogP contribution in [0.2, 0.25) is 0 Å². The number of hydrogen-bond acceptors (Lipinski definition) is 3. The van der Waals surface area contributed by atoms with Gasteiger partial charge < -0.3 is 5.21 Å². The molecule has 0 fully saturated rings. The summed E-state index contributed by atoms with van der Waals surface area (Å²) in [6.45, 7) is 1.95. The van der Waals surface area contributed by atoms with Crippen LogP contribution in [0.25, 0.3) is 0 Å². The van der Waals surface area contributed by atoms with E-state index in [1.807, 2.05) is 24.0 Å². The maximum absolute atomic E-state index is 8.14. The number of oxime groups is 1. The quantitative estimate of drug-likeness (QED) is 0.281. The van der Waals surface area contributed by atoms with Gasteiger partial charge in [-0.05, 0) is 29.6 Å². The first-order valence-electron chi connectivity index (χ1n) is 3.31. The van der Waals surface area contributed by atoms with Crippen molar-refractivity contribution in [2.24, 2.45) is 5.16 Å². The molecule has 0 aliphatic carbocycles. The Morgan fingerprint density at radius 3 is 2.75 bits per heavy atom. The van der Waals surface area contributed by atoms with Gasteiger partial charge in [-0.15, -0.1) is 0 Å². The van der Waals surface area contributed by atoms with Gasteiger partial charge in [-0.3, -0.25) is 4.98 Å². The molecule has 0 aliphatic rings. The van der Waals surface area contributed by atoms with Crippen LogP contribution in [0.15, 0.2) is 23.5 Å². The predicted octanol–water partition coefficient (Wildman–Crippen LogP) is 2.25. The molecular weight excluding hydrogens is 267 g/mol. The molecule has 1 N–H and O–H groups in total. The second kappa shape index (κ2) is 7.02. The van der Waals surface area contributed by atoms with Crippen molar-refractivity contribution in [3.05, 3.63) is 29.6 Å². The molecule has 0 unspecified atom stereocenters. The van der Waals surface area contributed by atoms with Crippen molar-refractivity contribution in [1.82, 2.24) is 4.98 Å². The standard InChI is InChI=1S/C7H8N2O.CH3I/c1-6-2-3-8-7(4-6)5-9-10;1-2/h2-5,10H,1H3;1H3/b9-5+;. The predicted molar refractivity (Wildman–Crippen MR) is 58.3 cm³/mol. The van der Waals surface area contributed by atoms with Gasteiger partial charge in [0.15, 0.2) is 0 Å². The third-order valence-corrected chi connectivity index (χ3v) is 1.13. The minimum Gasteiger partial charge on any atom is -0.411 e. The highest BCUT2D eigenvalue weighted by Gasteiger charge is 1.87. The van der Waals surface area contributed by atoms with E-state index in [1.54, 1.807) is 6.20 Å². The molecule has 0 bridgehead atoms. The summed E-state index contributed by atoms with van der Waals surface area (Å²) < 4.78 is 0. The lowest BCUT2D eigenvalue weighted by Crippen LogP contribution is -1.86. The molecule has 0 atom stereocenters. The number of aromatic nitrogens is 1. The lowest BCUT2D eigenvalue weighted by Gasteiger charge is -1.91. The Labute approximate surface area is 85.7 Å². The molecule has 4 heteroatoms. The van der Waals surface area contributed by atoms with Gasteiger partial charge in [0.05, 0.1) is 11.9 Å². The van der Waals surface area contributed by atoms with Crippen LogP contribution in [-0.2, 0) is 0 Å².